The fraction of sp³-hybridized carbons (Fsp3) is 0.673. The van der Waals surface area contributed by atoms with Crippen LogP contribution in [0.5, 0.6) is 0 Å². The van der Waals surface area contributed by atoms with E-state index in [0.717, 1.165) is 0 Å². The number of alkyl carbamates (subject to hydrolysis) is 1. The summed E-state index contributed by atoms with van der Waals surface area (Å²) in [7, 11) is -2.90. The number of aliphatic hydroxyl groups excluding tert-OH is 2. The van der Waals surface area contributed by atoms with Crippen molar-refractivity contribution in [3.8, 4) is 0 Å². The Morgan fingerprint density at radius 3 is 2.07 bits per heavy atom. The largest absolute Gasteiger partial charge is 0.456 e. The maximum absolute atomic E-state index is 15.6. The molecule has 0 spiro atoms. The number of fused-ring (bicyclic) bond motifs is 8. The molecule has 5 aliphatic rings. The molecule has 7 rings (SSSR count). The number of aliphatic hydroxyl groups is 3. The molecule has 2 saturated carbocycles. The quantitative estimate of drug-likeness (QED) is 0.0633. The van der Waals surface area contributed by atoms with Gasteiger partial charge in [-0.2, -0.15) is 0 Å². The molecule has 0 aromatic heterocycles. The summed E-state index contributed by atoms with van der Waals surface area (Å²) < 4.78 is 59.7. The maximum Gasteiger partial charge on any atom is 0.408 e. The molecular formula is C55H79NO16Si. The monoisotopic (exact) mass is 1040 g/mol. The van der Waals surface area contributed by atoms with E-state index in [1.54, 1.807) is 89.2 Å². The van der Waals surface area contributed by atoms with E-state index in [2.05, 4.69) is 5.32 Å². The second-order valence-corrected chi connectivity index (χ2v) is 29.1. The fourth-order valence-corrected chi connectivity index (χ4v) is 13.0. The summed E-state index contributed by atoms with van der Waals surface area (Å²) in [4.78, 5) is 57.7. The van der Waals surface area contributed by atoms with Gasteiger partial charge in [0.05, 0.1) is 49.6 Å². The molecule has 0 radical (unpaired) electrons. The van der Waals surface area contributed by atoms with Gasteiger partial charge in [0.25, 0.3) is 0 Å². The van der Waals surface area contributed by atoms with E-state index < -0.39 is 138 Å². The first-order valence-corrected chi connectivity index (χ1v) is 28.3. The molecule has 73 heavy (non-hydrogen) atoms. The topological polar surface area (TPSA) is 224 Å². The zero-order chi connectivity index (χ0) is 54.1. The molecule has 1 amide bonds. The first-order valence-electron chi connectivity index (χ1n) is 25.4. The van der Waals surface area contributed by atoms with Gasteiger partial charge in [-0.3, -0.25) is 4.79 Å². The van der Waals surface area contributed by atoms with E-state index in [4.69, 9.17) is 42.3 Å². The SMILES string of the molecule is CC(=O)O[C@@]12CO[C@@H]1C[C@H](OCC(O)CO)[C@@]1(C)[C@@H]3OC(C)(C)O[C@@H]3C3=C(C)[C@@H](OC(=O)[C@H](O[Si](C)(C)C(C)(C)C)[C@@H](NC(=O)OC(C)(C)C)c4ccccc4)C[C@@](O)([C@@H](OC(=O)c4ccccc4)[C@H]21)C3(C)C. The Balaban J connectivity index is 1.47. The Morgan fingerprint density at radius 2 is 1.52 bits per heavy atom. The molecule has 3 aliphatic carbocycles. The van der Waals surface area contributed by atoms with Crippen molar-refractivity contribution in [3.05, 3.63) is 82.9 Å². The van der Waals surface area contributed by atoms with Gasteiger partial charge in [-0.1, -0.05) is 90.1 Å². The number of nitrogens with one attached hydrogen (secondary N) is 1. The fourth-order valence-electron chi connectivity index (χ4n) is 11.8. The van der Waals surface area contributed by atoms with Crippen molar-refractivity contribution in [3.63, 3.8) is 0 Å². The van der Waals surface area contributed by atoms with Gasteiger partial charge in [-0.05, 0) is 88.5 Å². The molecule has 18 heteroatoms. The highest BCUT2D eigenvalue weighted by Crippen LogP contribution is 2.68. The van der Waals surface area contributed by atoms with Crippen LogP contribution in [-0.4, -0.2) is 139 Å². The zero-order valence-electron chi connectivity index (χ0n) is 45.2. The van der Waals surface area contributed by atoms with Gasteiger partial charge in [0.15, 0.2) is 25.8 Å². The Morgan fingerprint density at radius 1 is 0.904 bits per heavy atom. The zero-order valence-corrected chi connectivity index (χ0v) is 46.2. The van der Waals surface area contributed by atoms with Crippen LogP contribution in [0.1, 0.15) is 125 Å². The second-order valence-electron chi connectivity index (χ2n) is 24.4. The van der Waals surface area contributed by atoms with Crippen LogP contribution in [0.15, 0.2) is 71.8 Å². The predicted octanol–water partition coefficient (Wildman–Crippen LogP) is 7.26. The summed E-state index contributed by atoms with van der Waals surface area (Å²) in [6.07, 6.45) is -10.4. The van der Waals surface area contributed by atoms with Crippen molar-refractivity contribution < 1.29 is 76.8 Å². The van der Waals surface area contributed by atoms with Crippen molar-refractivity contribution >= 4 is 32.3 Å². The van der Waals surface area contributed by atoms with Crippen molar-refractivity contribution in [2.75, 3.05) is 19.8 Å². The van der Waals surface area contributed by atoms with E-state index in [-0.39, 0.29) is 31.6 Å². The Hall–Kier alpha value is -4.24. The summed E-state index contributed by atoms with van der Waals surface area (Å²) in [6, 6.07) is 16.1. The van der Waals surface area contributed by atoms with E-state index >= 15 is 4.79 Å². The highest BCUT2D eigenvalue weighted by atomic mass is 28.4. The third kappa shape index (κ3) is 10.5. The Bertz CT molecular complexity index is 2400. The van der Waals surface area contributed by atoms with Crippen LogP contribution in [0.25, 0.3) is 0 Å². The molecule has 2 saturated heterocycles. The minimum absolute atomic E-state index is 0.112. The van der Waals surface area contributed by atoms with Gasteiger partial charge in [-0.25, -0.2) is 14.4 Å². The number of carbonyl (C=O) groups is 4. The lowest BCUT2D eigenvalue weighted by molar-refractivity contribution is -0.366. The second kappa shape index (κ2) is 20.0. The number of benzene rings is 2. The van der Waals surface area contributed by atoms with Crippen molar-refractivity contribution in [1.29, 1.82) is 0 Å². The van der Waals surface area contributed by atoms with Gasteiger partial charge in [0.2, 0.25) is 0 Å². The van der Waals surface area contributed by atoms with Crippen LogP contribution in [0.3, 0.4) is 0 Å². The average molecular weight is 1040 g/mol. The summed E-state index contributed by atoms with van der Waals surface area (Å²) in [5.41, 5.74) is -5.71. The normalized spacial score (nSPS) is 32.7. The molecule has 2 bridgehead atoms. The smallest absolute Gasteiger partial charge is 0.408 e. The molecule has 4 N–H and O–H groups in total. The number of rotatable bonds is 14. The molecular weight excluding hydrogens is 959 g/mol. The molecule has 404 valence electrons. The summed E-state index contributed by atoms with van der Waals surface area (Å²) in [5.74, 6) is -4.81. The van der Waals surface area contributed by atoms with Crippen LogP contribution in [0, 0.1) is 16.7 Å². The van der Waals surface area contributed by atoms with E-state index in [0.29, 0.717) is 16.7 Å². The summed E-state index contributed by atoms with van der Waals surface area (Å²) in [6.45, 7) is 26.3. The molecule has 2 aromatic carbocycles. The van der Waals surface area contributed by atoms with Gasteiger partial charge >= 0.3 is 24.0 Å². The van der Waals surface area contributed by atoms with Gasteiger partial charge in [0.1, 0.15) is 41.7 Å². The van der Waals surface area contributed by atoms with Crippen LogP contribution in [0.2, 0.25) is 18.1 Å². The highest BCUT2D eigenvalue weighted by Gasteiger charge is 2.79. The number of hydrogen-bond acceptors (Lipinski definition) is 16. The average Bonchev–Trinajstić information content (AvgIpc) is 3.61. The van der Waals surface area contributed by atoms with Crippen molar-refractivity contribution in [2.24, 2.45) is 16.7 Å². The summed E-state index contributed by atoms with van der Waals surface area (Å²) >= 11 is 0. The number of ether oxygens (including phenoxy) is 8. The van der Waals surface area contributed by atoms with Gasteiger partial charge in [-0.15, -0.1) is 0 Å². The van der Waals surface area contributed by atoms with Crippen LogP contribution in [-0.2, 0) is 51.9 Å². The lowest BCUT2D eigenvalue weighted by atomic mass is 9.44. The van der Waals surface area contributed by atoms with Gasteiger partial charge < -0.3 is 63.0 Å². The standard InChI is InChI=1S/C55H79NO16Si/c1-31-36(66-47(61)42(72-73(14,15)50(6,7)8)40(33-22-18-16-19-23-33)56-48(62)71-49(3,4)5)27-55(63)45(67-46(60)34-24-20-17-21-25-34)43-53(13,44-41(39(31)51(55,9)10)69-52(11,12)70-44)37(64-29-35(59)28-57)26-38-54(43,30-65-38)68-32(2)58/h16-25,35-38,40-45,57,59,63H,26-30H2,1-15H3,(H,56,62)/t35?,36-,37-,38+,40-,41+,42+,43-,44+,45-,53+,54-,55+/m0/s1. The number of carbonyl (C=O) groups excluding carboxylic acids is 4. The lowest BCUT2D eigenvalue weighted by Gasteiger charge is -2.69. The summed E-state index contributed by atoms with van der Waals surface area (Å²) in [5, 5.41) is 37.5. The van der Waals surface area contributed by atoms with Gasteiger partial charge in [0, 0.05) is 30.6 Å². The van der Waals surface area contributed by atoms with Crippen molar-refractivity contribution in [1.82, 2.24) is 5.32 Å². The van der Waals surface area contributed by atoms with E-state index in [1.165, 1.54) is 6.92 Å². The van der Waals surface area contributed by atoms with E-state index in [1.807, 2.05) is 67.6 Å². The molecule has 1 unspecified atom stereocenters. The Labute approximate surface area is 431 Å². The number of amides is 1. The number of esters is 3. The van der Waals surface area contributed by atoms with Crippen molar-refractivity contribution in [2.45, 2.75) is 198 Å². The molecule has 4 fully saturated rings. The first-order chi connectivity index (χ1) is 33.7. The molecule has 2 heterocycles. The first kappa shape index (κ1) is 56.5. The predicted molar refractivity (Wildman–Crippen MR) is 269 cm³/mol. The number of hydrogen-bond donors (Lipinski definition) is 4. The van der Waals surface area contributed by atoms with Crippen LogP contribution >= 0.6 is 0 Å². The van der Waals surface area contributed by atoms with E-state index in [9.17, 15) is 29.7 Å². The molecule has 13 atom stereocenters. The molecule has 2 aliphatic heterocycles. The van der Waals surface area contributed by atoms with Crippen LogP contribution in [0.4, 0.5) is 4.79 Å². The third-order valence-corrected chi connectivity index (χ3v) is 20.9. The minimum Gasteiger partial charge on any atom is -0.456 e. The minimum atomic E-state index is -2.90. The lowest BCUT2D eigenvalue weighted by Crippen LogP contribution is -2.82. The highest BCUT2D eigenvalue weighted by molar-refractivity contribution is 6.74. The molecule has 17 nitrogen and oxygen atoms in total. The third-order valence-electron chi connectivity index (χ3n) is 16.4. The van der Waals surface area contributed by atoms with Crippen LogP contribution < -0.4 is 5.32 Å². The molecule has 2 aromatic rings. The maximum atomic E-state index is 15.6. The Kier molecular flexibility index (Phi) is 15.5.